The van der Waals surface area contributed by atoms with Gasteiger partial charge in [-0.25, -0.2) is 0 Å². The summed E-state index contributed by atoms with van der Waals surface area (Å²) < 4.78 is 0. The first-order valence-corrected chi connectivity index (χ1v) is 1.05. The Labute approximate surface area is 59.9 Å². The molecule has 29 valence electrons. The molecule has 0 atom stereocenters. The first kappa shape index (κ1) is 9.71. The van der Waals surface area contributed by atoms with Gasteiger partial charge in [0.25, 0.3) is 5.87 Å². The Morgan fingerprint density at radius 1 is 2.00 bits per heavy atom. The first-order chi connectivity index (χ1) is 2.27. The molecule has 0 rings (SSSR count). The fraction of sp³-hybridized carbons (Fsp3) is 0. The predicted molar refractivity (Wildman–Crippen MR) is 19.1 cm³/mol. The number of hydrogen-bond acceptors (Lipinski definition) is 2. The maximum Gasteiger partial charge on any atom is 1.00 e. The SMILES string of the molecule is N[B]C(=O)O.[H-].[Na+]. The van der Waals surface area contributed by atoms with E-state index >= 15 is 0 Å². The van der Waals surface area contributed by atoms with Crippen LogP contribution < -0.4 is 35.2 Å². The molecule has 0 amide bonds. The number of hydrogen-bond donors (Lipinski definition) is 2. The van der Waals surface area contributed by atoms with E-state index in [0.717, 1.165) is 0 Å². The average Bonchev–Trinajstić information content (AvgIpc) is 1.38. The Kier molecular flexibility index (Phi) is 8.89. The minimum absolute atomic E-state index is 0. The summed E-state index contributed by atoms with van der Waals surface area (Å²) in [7, 11) is 0.583. The molecule has 0 fully saturated rings. The molecule has 0 aliphatic rings. The van der Waals surface area contributed by atoms with Gasteiger partial charge < -0.3 is 12.2 Å². The Morgan fingerprint density at radius 2 is 2.17 bits per heavy atom. The van der Waals surface area contributed by atoms with Gasteiger partial charge in [-0.15, -0.1) is 0 Å². The Balaban J connectivity index is -0.0000000800. The minimum Gasteiger partial charge on any atom is -1.00 e. The van der Waals surface area contributed by atoms with E-state index in [1.165, 1.54) is 0 Å². The molecule has 0 heterocycles. The molecule has 0 spiro atoms. The second-order valence-corrected chi connectivity index (χ2v) is 0.505. The van der Waals surface area contributed by atoms with E-state index < -0.39 is 5.87 Å². The second-order valence-electron chi connectivity index (χ2n) is 0.505. The minimum atomic E-state index is -1.09. The molecule has 6 heavy (non-hydrogen) atoms. The van der Waals surface area contributed by atoms with Crippen LogP contribution in [0.25, 0.3) is 0 Å². The van der Waals surface area contributed by atoms with Crippen molar-refractivity contribution in [3.63, 3.8) is 0 Å². The van der Waals surface area contributed by atoms with Crippen molar-refractivity contribution in [3.05, 3.63) is 0 Å². The van der Waals surface area contributed by atoms with Gasteiger partial charge >= 0.3 is 37.0 Å². The van der Waals surface area contributed by atoms with Gasteiger partial charge in [0.05, 0.1) is 0 Å². The molecular weight excluding hydrogens is 91.8 g/mol. The van der Waals surface area contributed by atoms with Crippen molar-refractivity contribution in [1.82, 2.24) is 0 Å². The van der Waals surface area contributed by atoms with Crippen molar-refractivity contribution >= 4 is 13.3 Å². The summed E-state index contributed by atoms with van der Waals surface area (Å²) in [6.45, 7) is 0. The van der Waals surface area contributed by atoms with E-state index in [-0.39, 0.29) is 31.0 Å². The monoisotopic (exact) mass is 96.0 g/mol. The van der Waals surface area contributed by atoms with Crippen LogP contribution in [0.3, 0.4) is 0 Å². The number of carboxylic acid groups (broad SMARTS) is 1. The smallest absolute Gasteiger partial charge is 1.00 e. The van der Waals surface area contributed by atoms with Crippen LogP contribution in [0.5, 0.6) is 0 Å². The molecule has 0 aliphatic heterocycles. The van der Waals surface area contributed by atoms with Crippen LogP contribution in [-0.4, -0.2) is 18.4 Å². The van der Waals surface area contributed by atoms with Gasteiger partial charge in [-0.05, 0) is 0 Å². The van der Waals surface area contributed by atoms with Gasteiger partial charge in [0.1, 0.15) is 0 Å². The third-order valence-corrected chi connectivity index (χ3v) is 0.143. The number of nitrogens with two attached hydrogens (primary N) is 1. The molecule has 0 aromatic rings. The van der Waals surface area contributed by atoms with E-state index in [2.05, 4.69) is 5.64 Å². The van der Waals surface area contributed by atoms with E-state index in [1.807, 2.05) is 0 Å². The van der Waals surface area contributed by atoms with Crippen molar-refractivity contribution < 1.29 is 40.9 Å². The zero-order valence-corrected chi connectivity index (χ0v) is 5.51. The molecule has 0 bridgehead atoms. The van der Waals surface area contributed by atoms with E-state index in [1.54, 1.807) is 0 Å². The molecule has 5 heteroatoms. The number of rotatable bonds is 1. The van der Waals surface area contributed by atoms with Crippen LogP contribution in [0, 0.1) is 0 Å². The molecule has 0 aromatic carbocycles. The first-order valence-electron chi connectivity index (χ1n) is 1.05. The standard InChI is InChI=1S/CH3BNO2.Na.H/c3-2-1(4)5;;/h3H2,(H,4,5);;/q;+1;-1. The van der Waals surface area contributed by atoms with Crippen molar-refractivity contribution in [2.45, 2.75) is 0 Å². The quantitative estimate of drug-likeness (QED) is 0.331. The summed E-state index contributed by atoms with van der Waals surface area (Å²) in [4.78, 5) is 9.19. The van der Waals surface area contributed by atoms with Crippen LogP contribution in [-0.2, 0) is 0 Å². The van der Waals surface area contributed by atoms with Crippen molar-refractivity contribution in [1.29, 1.82) is 0 Å². The molecular formula is CH4BNNaO2. The third kappa shape index (κ3) is 8.82. The van der Waals surface area contributed by atoms with E-state index in [4.69, 9.17) is 5.11 Å². The summed E-state index contributed by atoms with van der Waals surface area (Å²) >= 11 is 0. The predicted octanol–water partition coefficient (Wildman–Crippen LogP) is -3.64. The van der Waals surface area contributed by atoms with Gasteiger partial charge in [0.2, 0.25) is 0 Å². The fourth-order valence-corrected chi connectivity index (χ4v) is 0. The molecule has 3 nitrogen and oxygen atoms in total. The largest absolute Gasteiger partial charge is 1.00 e. The Morgan fingerprint density at radius 3 is 2.17 bits per heavy atom. The van der Waals surface area contributed by atoms with Gasteiger partial charge in [0.15, 0.2) is 0 Å². The topological polar surface area (TPSA) is 63.3 Å². The normalized spacial score (nSPS) is 5.50. The summed E-state index contributed by atoms with van der Waals surface area (Å²) in [6, 6.07) is 0. The maximum atomic E-state index is 9.19. The van der Waals surface area contributed by atoms with E-state index in [9.17, 15) is 4.79 Å². The van der Waals surface area contributed by atoms with Crippen LogP contribution in [0.4, 0.5) is 4.79 Å². The van der Waals surface area contributed by atoms with Gasteiger partial charge in [0, 0.05) is 0 Å². The molecule has 3 N–H and O–H groups in total. The van der Waals surface area contributed by atoms with Crippen LogP contribution >= 0.6 is 0 Å². The molecule has 0 aromatic heterocycles. The van der Waals surface area contributed by atoms with Crippen molar-refractivity contribution in [3.8, 4) is 0 Å². The van der Waals surface area contributed by atoms with Crippen molar-refractivity contribution in [2.24, 2.45) is 5.64 Å². The summed E-state index contributed by atoms with van der Waals surface area (Å²) in [5, 5.41) is 7.54. The van der Waals surface area contributed by atoms with E-state index in [0.29, 0.717) is 7.41 Å². The summed E-state index contributed by atoms with van der Waals surface area (Å²) in [5.41, 5.74) is 4.45. The maximum absolute atomic E-state index is 9.19. The molecule has 1 radical (unpaired) electrons. The third-order valence-electron chi connectivity index (χ3n) is 0.143. The zero-order valence-electron chi connectivity index (χ0n) is 4.51. The molecule has 0 unspecified atom stereocenters. The van der Waals surface area contributed by atoms with Gasteiger partial charge in [-0.2, -0.15) is 0 Å². The Bertz CT molecular complexity index is 53.0. The number of carbonyl (C=O) groups is 1. The van der Waals surface area contributed by atoms with Crippen LogP contribution in [0.15, 0.2) is 0 Å². The molecule has 0 saturated carbocycles. The molecule has 0 saturated heterocycles. The van der Waals surface area contributed by atoms with Crippen LogP contribution in [0.2, 0.25) is 0 Å². The second kappa shape index (κ2) is 5.49. The summed E-state index contributed by atoms with van der Waals surface area (Å²) in [6.07, 6.45) is 0. The zero-order chi connectivity index (χ0) is 4.28. The van der Waals surface area contributed by atoms with Gasteiger partial charge in [-0.1, -0.05) is 0 Å². The molecule has 0 aliphatic carbocycles. The summed E-state index contributed by atoms with van der Waals surface area (Å²) in [5.74, 6) is -1.09. The fourth-order valence-electron chi connectivity index (χ4n) is 0. The van der Waals surface area contributed by atoms with Crippen LogP contribution in [0.1, 0.15) is 1.43 Å². The van der Waals surface area contributed by atoms with Gasteiger partial charge in [-0.3, -0.25) is 4.79 Å². The van der Waals surface area contributed by atoms with Crippen molar-refractivity contribution in [2.75, 3.05) is 0 Å². The average molecular weight is 95.8 g/mol. The Hall–Kier alpha value is 0.495.